The van der Waals surface area contributed by atoms with Crippen LogP contribution in [0.2, 0.25) is 0 Å². The van der Waals surface area contributed by atoms with Crippen LogP contribution in [0.4, 0.5) is 4.39 Å². The van der Waals surface area contributed by atoms with Gasteiger partial charge in [-0.3, -0.25) is 4.79 Å². The number of hydrogen-bond acceptors (Lipinski definition) is 2. The third-order valence-corrected chi connectivity index (χ3v) is 3.80. The van der Waals surface area contributed by atoms with Crippen molar-refractivity contribution in [3.05, 3.63) is 35.6 Å². The van der Waals surface area contributed by atoms with Gasteiger partial charge in [-0.05, 0) is 24.8 Å². The lowest BCUT2D eigenvalue weighted by Crippen LogP contribution is -2.34. The summed E-state index contributed by atoms with van der Waals surface area (Å²) in [7, 11) is 0. The first-order chi connectivity index (χ1) is 9.22. The average molecular weight is 264 g/mol. The summed E-state index contributed by atoms with van der Waals surface area (Å²) in [5, 5.41) is 2.96. The monoisotopic (exact) mass is 264 g/mol. The second kappa shape index (κ2) is 6.66. The van der Waals surface area contributed by atoms with Gasteiger partial charge < -0.3 is 11.1 Å². The summed E-state index contributed by atoms with van der Waals surface area (Å²) < 4.78 is 14.0. The van der Waals surface area contributed by atoms with Crippen molar-refractivity contribution in [2.75, 3.05) is 6.54 Å². The van der Waals surface area contributed by atoms with Crippen LogP contribution in [0.15, 0.2) is 24.3 Å². The van der Waals surface area contributed by atoms with Crippen molar-refractivity contribution in [3.63, 3.8) is 0 Å². The second-order valence-corrected chi connectivity index (χ2v) is 5.15. The summed E-state index contributed by atoms with van der Waals surface area (Å²) in [5.74, 6) is -0.00581. The van der Waals surface area contributed by atoms with Gasteiger partial charge in [0.1, 0.15) is 5.82 Å². The van der Waals surface area contributed by atoms with Gasteiger partial charge in [0.05, 0.1) is 6.04 Å². The van der Waals surface area contributed by atoms with E-state index in [-0.39, 0.29) is 24.2 Å². The van der Waals surface area contributed by atoms with Gasteiger partial charge in [0.15, 0.2) is 0 Å². The zero-order chi connectivity index (χ0) is 13.7. The van der Waals surface area contributed by atoms with E-state index in [2.05, 4.69) is 5.32 Å². The lowest BCUT2D eigenvalue weighted by atomic mass is 9.91. The SMILES string of the molecule is NCCC(=O)NC(c1ccccc1F)C1CCCC1. The lowest BCUT2D eigenvalue weighted by Gasteiger charge is -2.25. The van der Waals surface area contributed by atoms with Crippen LogP contribution < -0.4 is 11.1 Å². The first-order valence-electron chi connectivity index (χ1n) is 6.96. The van der Waals surface area contributed by atoms with E-state index in [1.54, 1.807) is 12.1 Å². The van der Waals surface area contributed by atoms with Crippen LogP contribution >= 0.6 is 0 Å². The van der Waals surface area contributed by atoms with Gasteiger partial charge in [-0.2, -0.15) is 0 Å². The van der Waals surface area contributed by atoms with Gasteiger partial charge in [0.25, 0.3) is 0 Å². The predicted molar refractivity (Wildman–Crippen MR) is 72.9 cm³/mol. The molecule has 3 nitrogen and oxygen atoms in total. The highest BCUT2D eigenvalue weighted by Crippen LogP contribution is 2.36. The van der Waals surface area contributed by atoms with Crippen molar-refractivity contribution in [2.24, 2.45) is 11.7 Å². The standard InChI is InChI=1S/C15H21FN2O/c16-13-8-4-3-7-12(13)15(11-5-1-2-6-11)18-14(19)9-10-17/h3-4,7-8,11,15H,1-2,5-6,9-10,17H2,(H,18,19). The molecule has 1 aliphatic rings. The highest BCUT2D eigenvalue weighted by atomic mass is 19.1. The molecular weight excluding hydrogens is 243 g/mol. The van der Waals surface area contributed by atoms with Crippen LogP contribution in [0.1, 0.15) is 43.7 Å². The molecular formula is C15H21FN2O. The summed E-state index contributed by atoms with van der Waals surface area (Å²) in [4.78, 5) is 11.8. The van der Waals surface area contributed by atoms with Crippen LogP contribution in [0.3, 0.4) is 0 Å². The molecule has 0 radical (unpaired) electrons. The van der Waals surface area contributed by atoms with E-state index >= 15 is 0 Å². The molecule has 1 aliphatic carbocycles. The average Bonchev–Trinajstić information content (AvgIpc) is 2.91. The molecule has 0 aliphatic heterocycles. The smallest absolute Gasteiger partial charge is 0.221 e. The Balaban J connectivity index is 2.18. The number of rotatable bonds is 5. The number of halogens is 1. The van der Waals surface area contributed by atoms with Gasteiger partial charge in [-0.1, -0.05) is 31.0 Å². The van der Waals surface area contributed by atoms with E-state index < -0.39 is 0 Å². The second-order valence-electron chi connectivity index (χ2n) is 5.15. The van der Waals surface area contributed by atoms with Gasteiger partial charge in [0.2, 0.25) is 5.91 Å². The Kier molecular flexibility index (Phi) is 4.91. The molecule has 19 heavy (non-hydrogen) atoms. The third kappa shape index (κ3) is 3.53. The van der Waals surface area contributed by atoms with E-state index in [0.717, 1.165) is 25.7 Å². The Hall–Kier alpha value is -1.42. The van der Waals surface area contributed by atoms with E-state index in [1.807, 2.05) is 6.07 Å². The Morgan fingerprint density at radius 2 is 2.05 bits per heavy atom. The molecule has 0 spiro atoms. The van der Waals surface area contributed by atoms with Crippen LogP contribution in [-0.2, 0) is 4.79 Å². The molecule has 1 fully saturated rings. The molecule has 2 rings (SSSR count). The van der Waals surface area contributed by atoms with Crippen molar-refractivity contribution in [3.8, 4) is 0 Å². The molecule has 3 N–H and O–H groups in total. The van der Waals surface area contributed by atoms with E-state index in [9.17, 15) is 9.18 Å². The van der Waals surface area contributed by atoms with Crippen LogP contribution in [0, 0.1) is 11.7 Å². The van der Waals surface area contributed by atoms with Crippen molar-refractivity contribution in [1.82, 2.24) is 5.32 Å². The Bertz CT molecular complexity index is 430. The maximum Gasteiger partial charge on any atom is 0.221 e. The molecule has 4 heteroatoms. The number of amides is 1. The number of nitrogens with two attached hydrogens (primary N) is 1. The molecule has 1 unspecified atom stereocenters. The Morgan fingerprint density at radius 3 is 2.68 bits per heavy atom. The first-order valence-corrected chi connectivity index (χ1v) is 6.96. The minimum atomic E-state index is -0.243. The molecule has 0 heterocycles. The zero-order valence-electron chi connectivity index (χ0n) is 11.1. The summed E-state index contributed by atoms with van der Waals surface area (Å²) in [6.45, 7) is 0.320. The minimum Gasteiger partial charge on any atom is -0.349 e. The summed E-state index contributed by atoms with van der Waals surface area (Å²) in [6.07, 6.45) is 4.69. The van der Waals surface area contributed by atoms with Crippen molar-refractivity contribution >= 4 is 5.91 Å². The van der Waals surface area contributed by atoms with Crippen molar-refractivity contribution in [2.45, 2.75) is 38.1 Å². The van der Waals surface area contributed by atoms with Gasteiger partial charge >= 0.3 is 0 Å². The molecule has 1 saturated carbocycles. The fourth-order valence-electron chi connectivity index (χ4n) is 2.84. The summed E-state index contributed by atoms with van der Waals surface area (Å²) in [6, 6.07) is 6.48. The fraction of sp³-hybridized carbons (Fsp3) is 0.533. The van der Waals surface area contributed by atoms with Gasteiger partial charge in [-0.25, -0.2) is 4.39 Å². The summed E-state index contributed by atoms with van der Waals surface area (Å²) >= 11 is 0. The largest absolute Gasteiger partial charge is 0.349 e. The maximum atomic E-state index is 14.0. The Morgan fingerprint density at radius 1 is 1.37 bits per heavy atom. The normalized spacial score (nSPS) is 17.4. The quantitative estimate of drug-likeness (QED) is 0.858. The van der Waals surface area contributed by atoms with Crippen LogP contribution in [0.5, 0.6) is 0 Å². The molecule has 0 saturated heterocycles. The van der Waals surface area contributed by atoms with Crippen LogP contribution in [0.25, 0.3) is 0 Å². The summed E-state index contributed by atoms with van der Waals surface area (Å²) in [5.41, 5.74) is 5.99. The number of hydrogen-bond donors (Lipinski definition) is 2. The highest BCUT2D eigenvalue weighted by Gasteiger charge is 2.29. The molecule has 1 amide bonds. The van der Waals surface area contributed by atoms with Crippen LogP contribution in [-0.4, -0.2) is 12.5 Å². The number of nitrogens with one attached hydrogen (secondary N) is 1. The highest BCUT2D eigenvalue weighted by molar-refractivity contribution is 5.76. The fourth-order valence-corrected chi connectivity index (χ4v) is 2.84. The van der Waals surface area contributed by atoms with Gasteiger partial charge in [0, 0.05) is 18.5 Å². The zero-order valence-corrected chi connectivity index (χ0v) is 11.1. The van der Waals surface area contributed by atoms with Crippen molar-refractivity contribution in [1.29, 1.82) is 0 Å². The van der Waals surface area contributed by atoms with Crippen molar-refractivity contribution < 1.29 is 9.18 Å². The van der Waals surface area contributed by atoms with E-state index in [1.165, 1.54) is 6.07 Å². The molecule has 0 aromatic heterocycles. The number of carbonyl (C=O) groups is 1. The Labute approximate surface area is 113 Å². The third-order valence-electron chi connectivity index (χ3n) is 3.80. The molecule has 1 aromatic rings. The molecule has 1 aromatic carbocycles. The predicted octanol–water partition coefficient (Wildman–Crippen LogP) is 2.52. The maximum absolute atomic E-state index is 14.0. The van der Waals surface area contributed by atoms with E-state index in [4.69, 9.17) is 5.73 Å². The first kappa shape index (κ1) is 14.0. The number of benzene rings is 1. The molecule has 0 bridgehead atoms. The molecule has 1 atom stereocenters. The van der Waals surface area contributed by atoms with E-state index in [0.29, 0.717) is 18.0 Å². The number of carbonyl (C=O) groups excluding carboxylic acids is 1. The lowest BCUT2D eigenvalue weighted by molar-refractivity contribution is -0.122. The molecule has 104 valence electrons. The van der Waals surface area contributed by atoms with Gasteiger partial charge in [-0.15, -0.1) is 0 Å². The minimum absolute atomic E-state index is 0.0948. The topological polar surface area (TPSA) is 55.1 Å².